The molecular formula is C25H34N2O2S. The second-order valence-corrected chi connectivity index (χ2v) is 8.53. The summed E-state index contributed by atoms with van der Waals surface area (Å²) >= 11 is 1.60. The van der Waals surface area contributed by atoms with Crippen LogP contribution in [0.2, 0.25) is 0 Å². The van der Waals surface area contributed by atoms with Crippen molar-refractivity contribution < 1.29 is 9.59 Å². The first-order chi connectivity index (χ1) is 14.5. The molecule has 1 N–H and O–H groups in total. The molecule has 0 radical (unpaired) electrons. The summed E-state index contributed by atoms with van der Waals surface area (Å²) in [5.74, 6) is 1.13. The van der Waals surface area contributed by atoms with Crippen molar-refractivity contribution in [1.82, 2.24) is 10.2 Å². The van der Waals surface area contributed by atoms with Crippen LogP contribution < -0.4 is 5.32 Å². The van der Waals surface area contributed by atoms with E-state index < -0.39 is 6.04 Å². The third-order valence-corrected chi connectivity index (χ3v) is 6.20. The fraction of sp³-hybridized carbons (Fsp3) is 0.440. The van der Waals surface area contributed by atoms with Crippen molar-refractivity contribution in [2.45, 2.75) is 57.9 Å². The number of thioether (sulfide) groups is 1. The minimum absolute atomic E-state index is 0.0259. The first-order valence-corrected chi connectivity index (χ1v) is 12.0. The minimum Gasteiger partial charge on any atom is -0.352 e. The zero-order valence-electron chi connectivity index (χ0n) is 18.3. The first-order valence-electron chi connectivity index (χ1n) is 10.8. The van der Waals surface area contributed by atoms with Gasteiger partial charge in [0.25, 0.3) is 0 Å². The van der Waals surface area contributed by atoms with Gasteiger partial charge in [0.15, 0.2) is 0 Å². The van der Waals surface area contributed by atoms with Crippen LogP contribution in [0.4, 0.5) is 0 Å². The number of carbonyl (C=O) groups is 2. The molecule has 2 unspecified atom stereocenters. The van der Waals surface area contributed by atoms with Gasteiger partial charge >= 0.3 is 0 Å². The van der Waals surface area contributed by atoms with Gasteiger partial charge in [0.2, 0.25) is 11.8 Å². The molecule has 2 atom stereocenters. The van der Waals surface area contributed by atoms with Crippen molar-refractivity contribution in [3.63, 3.8) is 0 Å². The molecule has 0 fully saturated rings. The van der Waals surface area contributed by atoms with E-state index in [1.54, 1.807) is 16.7 Å². The monoisotopic (exact) mass is 426 g/mol. The third kappa shape index (κ3) is 7.86. The molecule has 2 aromatic rings. The molecule has 2 rings (SSSR count). The summed E-state index contributed by atoms with van der Waals surface area (Å²) in [6.07, 6.45) is 2.21. The fourth-order valence-electron chi connectivity index (χ4n) is 3.25. The smallest absolute Gasteiger partial charge is 0.243 e. The number of benzene rings is 2. The van der Waals surface area contributed by atoms with Gasteiger partial charge in [-0.3, -0.25) is 9.59 Å². The summed E-state index contributed by atoms with van der Waals surface area (Å²) in [5.41, 5.74) is 2.37. The maximum atomic E-state index is 13.1. The molecule has 162 valence electrons. The van der Waals surface area contributed by atoms with Gasteiger partial charge in [0.1, 0.15) is 6.04 Å². The Labute approximate surface area is 185 Å². The standard InChI is InChI=1S/C25H34N2O2S/c1-4-20(3)26-25(29)23(5-2)27(17-16-21-12-8-6-9-13-21)24(28)19-30-18-22-14-10-7-11-15-22/h6-15,20,23H,4-5,16-19H2,1-3H3,(H,26,29). The third-order valence-electron chi connectivity index (χ3n) is 5.21. The average Bonchev–Trinajstić information content (AvgIpc) is 2.77. The van der Waals surface area contributed by atoms with Crippen molar-refractivity contribution in [2.24, 2.45) is 0 Å². The van der Waals surface area contributed by atoms with Crippen molar-refractivity contribution in [1.29, 1.82) is 0 Å². The van der Waals surface area contributed by atoms with Gasteiger partial charge in [0.05, 0.1) is 5.75 Å². The molecule has 30 heavy (non-hydrogen) atoms. The Morgan fingerprint density at radius 2 is 1.53 bits per heavy atom. The van der Waals surface area contributed by atoms with E-state index in [4.69, 9.17) is 0 Å². The normalized spacial score (nSPS) is 12.8. The molecule has 0 spiro atoms. The molecule has 0 aliphatic rings. The van der Waals surface area contributed by atoms with Crippen LogP contribution >= 0.6 is 11.8 Å². The van der Waals surface area contributed by atoms with E-state index in [-0.39, 0.29) is 17.9 Å². The SMILES string of the molecule is CCC(C)NC(=O)C(CC)N(CCc1ccccc1)C(=O)CSCc1ccccc1. The van der Waals surface area contributed by atoms with Crippen molar-refractivity contribution in [2.75, 3.05) is 12.3 Å². The van der Waals surface area contributed by atoms with E-state index in [1.807, 2.05) is 57.2 Å². The second-order valence-electron chi connectivity index (χ2n) is 7.54. The lowest BCUT2D eigenvalue weighted by Crippen LogP contribution is -2.52. The predicted molar refractivity (Wildman–Crippen MR) is 126 cm³/mol. The van der Waals surface area contributed by atoms with E-state index in [0.717, 1.165) is 18.6 Å². The number of amides is 2. The Bertz CT molecular complexity index is 767. The van der Waals surface area contributed by atoms with Crippen LogP contribution in [0.25, 0.3) is 0 Å². The summed E-state index contributed by atoms with van der Waals surface area (Å²) in [5, 5.41) is 3.06. The van der Waals surface area contributed by atoms with Gasteiger partial charge in [-0.15, -0.1) is 11.8 Å². The highest BCUT2D eigenvalue weighted by Gasteiger charge is 2.28. The highest BCUT2D eigenvalue weighted by Crippen LogP contribution is 2.16. The van der Waals surface area contributed by atoms with Gasteiger partial charge in [0, 0.05) is 18.3 Å². The van der Waals surface area contributed by atoms with Crippen LogP contribution in [0.1, 0.15) is 44.7 Å². The minimum atomic E-state index is -0.437. The number of hydrogen-bond acceptors (Lipinski definition) is 3. The molecule has 5 heteroatoms. The number of nitrogens with zero attached hydrogens (tertiary/aromatic N) is 1. The fourth-order valence-corrected chi connectivity index (χ4v) is 4.12. The quantitative estimate of drug-likeness (QED) is 0.536. The number of carbonyl (C=O) groups excluding carboxylic acids is 2. The summed E-state index contributed by atoms with van der Waals surface area (Å²) in [7, 11) is 0. The molecule has 0 aliphatic carbocycles. The molecule has 0 heterocycles. The molecule has 0 aromatic heterocycles. The summed E-state index contributed by atoms with van der Waals surface area (Å²) in [6, 6.07) is 19.9. The zero-order chi connectivity index (χ0) is 21.8. The van der Waals surface area contributed by atoms with Crippen LogP contribution in [-0.4, -0.2) is 41.1 Å². The molecule has 0 saturated heterocycles. The Morgan fingerprint density at radius 3 is 2.10 bits per heavy atom. The van der Waals surface area contributed by atoms with Crippen molar-refractivity contribution in [3.05, 3.63) is 71.8 Å². The summed E-state index contributed by atoms with van der Waals surface area (Å²) < 4.78 is 0. The Balaban J connectivity index is 2.05. The molecular weight excluding hydrogens is 392 g/mol. The van der Waals surface area contributed by atoms with Gasteiger partial charge in [-0.1, -0.05) is 74.5 Å². The lowest BCUT2D eigenvalue weighted by molar-refractivity contribution is -0.139. The van der Waals surface area contributed by atoms with E-state index in [9.17, 15) is 9.59 Å². The van der Waals surface area contributed by atoms with E-state index in [1.165, 1.54) is 11.1 Å². The van der Waals surface area contributed by atoms with Gasteiger partial charge in [-0.2, -0.15) is 0 Å². The topological polar surface area (TPSA) is 49.4 Å². The Kier molecular flexibility index (Phi) is 10.5. The Hall–Kier alpha value is -2.27. The van der Waals surface area contributed by atoms with Gasteiger partial charge in [-0.25, -0.2) is 0 Å². The summed E-state index contributed by atoms with van der Waals surface area (Å²) in [6.45, 7) is 6.56. The van der Waals surface area contributed by atoms with E-state index in [0.29, 0.717) is 18.7 Å². The van der Waals surface area contributed by atoms with Gasteiger partial charge in [-0.05, 0) is 37.3 Å². The first kappa shape index (κ1) is 24.0. The van der Waals surface area contributed by atoms with E-state index in [2.05, 4.69) is 29.6 Å². The van der Waals surface area contributed by atoms with Gasteiger partial charge < -0.3 is 10.2 Å². The predicted octanol–water partition coefficient (Wildman–Crippen LogP) is 4.68. The maximum Gasteiger partial charge on any atom is 0.243 e. The zero-order valence-corrected chi connectivity index (χ0v) is 19.2. The molecule has 4 nitrogen and oxygen atoms in total. The average molecular weight is 427 g/mol. The van der Waals surface area contributed by atoms with Crippen molar-refractivity contribution >= 4 is 23.6 Å². The highest BCUT2D eigenvalue weighted by molar-refractivity contribution is 7.99. The van der Waals surface area contributed by atoms with Crippen LogP contribution in [0.5, 0.6) is 0 Å². The summed E-state index contributed by atoms with van der Waals surface area (Å²) in [4.78, 5) is 27.8. The van der Waals surface area contributed by atoms with E-state index >= 15 is 0 Å². The van der Waals surface area contributed by atoms with Crippen molar-refractivity contribution in [3.8, 4) is 0 Å². The maximum absolute atomic E-state index is 13.1. The largest absolute Gasteiger partial charge is 0.352 e. The lowest BCUT2D eigenvalue weighted by atomic mass is 10.1. The van der Waals surface area contributed by atoms with Crippen LogP contribution in [0.15, 0.2) is 60.7 Å². The lowest BCUT2D eigenvalue weighted by Gasteiger charge is -2.31. The van der Waals surface area contributed by atoms with Crippen LogP contribution in [-0.2, 0) is 21.8 Å². The molecule has 0 bridgehead atoms. The molecule has 0 aliphatic heterocycles. The molecule has 2 amide bonds. The molecule has 0 saturated carbocycles. The Morgan fingerprint density at radius 1 is 0.933 bits per heavy atom. The number of rotatable bonds is 12. The number of nitrogens with one attached hydrogen (secondary N) is 1. The highest BCUT2D eigenvalue weighted by atomic mass is 32.2. The molecule has 2 aromatic carbocycles. The van der Waals surface area contributed by atoms with Crippen LogP contribution in [0, 0.1) is 0 Å². The second kappa shape index (κ2) is 13.1. The number of hydrogen-bond donors (Lipinski definition) is 1. The van der Waals surface area contributed by atoms with Crippen LogP contribution in [0.3, 0.4) is 0 Å².